The number of anilines is 1. The first-order valence-electron chi connectivity index (χ1n) is 6.79. The molecule has 0 aliphatic carbocycles. The van der Waals surface area contributed by atoms with Crippen LogP contribution in [0.15, 0.2) is 59.1 Å². The van der Waals surface area contributed by atoms with Gasteiger partial charge in [-0.3, -0.25) is 4.79 Å². The van der Waals surface area contributed by atoms with Crippen molar-refractivity contribution in [1.29, 1.82) is 0 Å². The SMILES string of the molecule is C=CCOc1ccc(-c2nonc2NC(=O)c2cccs2)cc1. The molecule has 1 N–H and O–H groups in total. The third kappa shape index (κ3) is 3.46. The van der Waals surface area contributed by atoms with E-state index in [9.17, 15) is 4.79 Å². The molecule has 1 aromatic carbocycles. The number of aromatic nitrogens is 2. The van der Waals surface area contributed by atoms with E-state index in [-0.39, 0.29) is 11.7 Å². The van der Waals surface area contributed by atoms with Crippen molar-refractivity contribution in [3.8, 4) is 17.0 Å². The normalized spacial score (nSPS) is 10.3. The Morgan fingerprint density at radius 2 is 2.13 bits per heavy atom. The van der Waals surface area contributed by atoms with Crippen LogP contribution in [0.3, 0.4) is 0 Å². The number of carbonyl (C=O) groups is 1. The number of rotatable bonds is 6. The molecule has 23 heavy (non-hydrogen) atoms. The molecule has 0 spiro atoms. The van der Waals surface area contributed by atoms with E-state index in [2.05, 4.69) is 22.2 Å². The first kappa shape index (κ1) is 15.0. The average molecular weight is 327 g/mol. The van der Waals surface area contributed by atoms with Gasteiger partial charge in [-0.1, -0.05) is 18.7 Å². The minimum Gasteiger partial charge on any atom is -0.490 e. The maximum absolute atomic E-state index is 12.1. The topological polar surface area (TPSA) is 77.2 Å². The van der Waals surface area contributed by atoms with Crippen LogP contribution in [0.4, 0.5) is 5.82 Å². The quantitative estimate of drug-likeness (QED) is 0.700. The fourth-order valence-electron chi connectivity index (χ4n) is 1.90. The van der Waals surface area contributed by atoms with Gasteiger partial charge in [-0.25, -0.2) is 4.63 Å². The number of ether oxygens (including phenoxy) is 1. The van der Waals surface area contributed by atoms with E-state index in [1.807, 2.05) is 23.6 Å². The molecule has 2 aromatic heterocycles. The van der Waals surface area contributed by atoms with Crippen molar-refractivity contribution in [2.75, 3.05) is 11.9 Å². The largest absolute Gasteiger partial charge is 0.490 e. The van der Waals surface area contributed by atoms with Crippen LogP contribution in [-0.2, 0) is 0 Å². The van der Waals surface area contributed by atoms with Crippen LogP contribution in [0.25, 0.3) is 11.3 Å². The molecule has 0 radical (unpaired) electrons. The summed E-state index contributed by atoms with van der Waals surface area (Å²) in [7, 11) is 0. The Morgan fingerprint density at radius 1 is 1.30 bits per heavy atom. The summed E-state index contributed by atoms with van der Waals surface area (Å²) >= 11 is 1.35. The van der Waals surface area contributed by atoms with Crippen molar-refractivity contribution < 1.29 is 14.2 Å². The summed E-state index contributed by atoms with van der Waals surface area (Å²) in [5.41, 5.74) is 1.23. The van der Waals surface area contributed by atoms with Crippen LogP contribution in [0.5, 0.6) is 5.75 Å². The second kappa shape index (κ2) is 6.89. The van der Waals surface area contributed by atoms with Crippen molar-refractivity contribution >= 4 is 23.1 Å². The summed E-state index contributed by atoms with van der Waals surface area (Å²) in [5, 5.41) is 12.1. The zero-order chi connectivity index (χ0) is 16.1. The van der Waals surface area contributed by atoms with Gasteiger partial charge in [-0.15, -0.1) is 11.3 Å². The molecule has 116 valence electrons. The zero-order valence-electron chi connectivity index (χ0n) is 12.1. The molecule has 0 saturated heterocycles. The number of hydrogen-bond donors (Lipinski definition) is 1. The Labute approximate surface area is 136 Å². The molecule has 1 amide bonds. The number of amides is 1. The Kier molecular flexibility index (Phi) is 4.49. The average Bonchev–Trinajstić information content (AvgIpc) is 3.25. The second-order valence-electron chi connectivity index (χ2n) is 4.52. The summed E-state index contributed by atoms with van der Waals surface area (Å²) < 4.78 is 10.2. The third-order valence-corrected chi connectivity index (χ3v) is 3.83. The van der Waals surface area contributed by atoms with Gasteiger partial charge < -0.3 is 10.1 Å². The lowest BCUT2D eigenvalue weighted by Crippen LogP contribution is -2.11. The van der Waals surface area contributed by atoms with E-state index in [0.29, 0.717) is 22.9 Å². The van der Waals surface area contributed by atoms with E-state index in [0.717, 1.165) is 5.56 Å². The summed E-state index contributed by atoms with van der Waals surface area (Å²) in [5.74, 6) is 0.750. The molecule has 0 fully saturated rings. The minimum absolute atomic E-state index is 0.247. The Balaban J connectivity index is 1.77. The molecular formula is C16H13N3O3S. The second-order valence-corrected chi connectivity index (χ2v) is 5.46. The smallest absolute Gasteiger partial charge is 0.267 e. The lowest BCUT2D eigenvalue weighted by Gasteiger charge is -2.04. The van der Waals surface area contributed by atoms with E-state index in [1.54, 1.807) is 24.3 Å². The van der Waals surface area contributed by atoms with Crippen molar-refractivity contribution in [3.63, 3.8) is 0 Å². The highest BCUT2D eigenvalue weighted by molar-refractivity contribution is 7.12. The highest BCUT2D eigenvalue weighted by Crippen LogP contribution is 2.27. The first-order valence-corrected chi connectivity index (χ1v) is 7.67. The van der Waals surface area contributed by atoms with Crippen LogP contribution in [0, 0.1) is 0 Å². The number of hydrogen-bond acceptors (Lipinski definition) is 6. The number of benzene rings is 1. The predicted molar refractivity (Wildman–Crippen MR) is 87.7 cm³/mol. The van der Waals surface area contributed by atoms with Gasteiger partial charge >= 0.3 is 0 Å². The molecular weight excluding hydrogens is 314 g/mol. The highest BCUT2D eigenvalue weighted by Gasteiger charge is 2.16. The van der Waals surface area contributed by atoms with Crippen LogP contribution in [0.1, 0.15) is 9.67 Å². The summed E-state index contributed by atoms with van der Waals surface area (Å²) in [6, 6.07) is 10.8. The van der Waals surface area contributed by atoms with Gasteiger partial charge in [0.15, 0.2) is 5.69 Å². The van der Waals surface area contributed by atoms with E-state index in [1.165, 1.54) is 11.3 Å². The molecule has 0 saturated carbocycles. The molecule has 3 rings (SSSR count). The summed E-state index contributed by atoms with van der Waals surface area (Å²) in [6.07, 6.45) is 1.67. The number of nitrogens with one attached hydrogen (secondary N) is 1. The molecule has 0 aliphatic rings. The molecule has 2 heterocycles. The van der Waals surface area contributed by atoms with Crippen molar-refractivity contribution in [3.05, 3.63) is 59.3 Å². The molecule has 3 aromatic rings. The fourth-order valence-corrected chi connectivity index (χ4v) is 2.52. The lowest BCUT2D eigenvalue weighted by molar-refractivity contribution is 0.102. The van der Waals surface area contributed by atoms with Crippen LogP contribution < -0.4 is 10.1 Å². The van der Waals surface area contributed by atoms with Gasteiger partial charge in [0.25, 0.3) is 5.91 Å². The molecule has 7 heteroatoms. The number of carbonyl (C=O) groups excluding carboxylic acids is 1. The van der Waals surface area contributed by atoms with Gasteiger partial charge in [0.05, 0.1) is 4.88 Å². The Hall–Kier alpha value is -2.93. The lowest BCUT2D eigenvalue weighted by atomic mass is 10.1. The van der Waals surface area contributed by atoms with Crippen molar-refractivity contribution in [2.45, 2.75) is 0 Å². The molecule has 0 unspecified atom stereocenters. The van der Waals surface area contributed by atoms with Crippen molar-refractivity contribution in [1.82, 2.24) is 10.3 Å². The van der Waals surface area contributed by atoms with E-state index >= 15 is 0 Å². The van der Waals surface area contributed by atoms with E-state index < -0.39 is 0 Å². The maximum atomic E-state index is 12.1. The standard InChI is InChI=1S/C16H13N3O3S/c1-2-9-21-12-7-5-11(6-8-12)14-15(19-22-18-14)17-16(20)13-4-3-10-23-13/h2-8,10H,1,9H2,(H,17,19,20). The zero-order valence-corrected chi connectivity index (χ0v) is 12.9. The van der Waals surface area contributed by atoms with Gasteiger partial charge in [0.1, 0.15) is 12.4 Å². The van der Waals surface area contributed by atoms with Gasteiger partial charge in [-0.05, 0) is 46.0 Å². The fraction of sp³-hybridized carbons (Fsp3) is 0.0625. The Morgan fingerprint density at radius 3 is 2.83 bits per heavy atom. The van der Waals surface area contributed by atoms with Crippen molar-refractivity contribution in [2.24, 2.45) is 0 Å². The molecule has 0 bridgehead atoms. The predicted octanol–water partition coefficient (Wildman–Crippen LogP) is 3.62. The van der Waals surface area contributed by atoms with Gasteiger partial charge in [0.2, 0.25) is 5.82 Å². The molecule has 0 atom stereocenters. The van der Waals surface area contributed by atoms with Crippen LogP contribution >= 0.6 is 11.3 Å². The maximum Gasteiger partial charge on any atom is 0.267 e. The monoisotopic (exact) mass is 327 g/mol. The highest BCUT2D eigenvalue weighted by atomic mass is 32.1. The Bertz CT molecular complexity index is 794. The van der Waals surface area contributed by atoms with Crippen LogP contribution in [0.2, 0.25) is 0 Å². The van der Waals surface area contributed by atoms with Crippen LogP contribution in [-0.4, -0.2) is 22.8 Å². The third-order valence-electron chi connectivity index (χ3n) is 2.96. The minimum atomic E-state index is -0.247. The van der Waals surface area contributed by atoms with Gasteiger partial charge in [0, 0.05) is 5.56 Å². The van der Waals surface area contributed by atoms with Gasteiger partial charge in [-0.2, -0.15) is 0 Å². The summed E-state index contributed by atoms with van der Waals surface area (Å²) in [4.78, 5) is 12.7. The number of nitrogens with zero attached hydrogens (tertiary/aromatic N) is 2. The van der Waals surface area contributed by atoms with E-state index in [4.69, 9.17) is 9.37 Å². The molecule has 0 aliphatic heterocycles. The molecule has 6 nitrogen and oxygen atoms in total. The number of thiophene rings is 1. The summed E-state index contributed by atoms with van der Waals surface area (Å²) in [6.45, 7) is 4.04. The first-order chi connectivity index (χ1) is 11.3.